The van der Waals surface area contributed by atoms with E-state index in [1.165, 1.54) is 0 Å². The fourth-order valence-corrected chi connectivity index (χ4v) is 2.01. The number of hydrogen-bond acceptors (Lipinski definition) is 5. The lowest BCUT2D eigenvalue weighted by Gasteiger charge is -1.99. The van der Waals surface area contributed by atoms with E-state index in [2.05, 4.69) is 4.98 Å². The molecule has 0 radical (unpaired) electrons. The van der Waals surface area contributed by atoms with Gasteiger partial charge in [0.2, 0.25) is 0 Å². The van der Waals surface area contributed by atoms with Crippen molar-refractivity contribution in [3.63, 3.8) is 0 Å². The van der Waals surface area contributed by atoms with Gasteiger partial charge in [-0.3, -0.25) is 4.79 Å². The zero-order chi connectivity index (χ0) is 11.4. The van der Waals surface area contributed by atoms with Crippen molar-refractivity contribution in [1.29, 1.82) is 0 Å². The molecule has 0 bridgehead atoms. The molecule has 0 aliphatic heterocycles. The van der Waals surface area contributed by atoms with E-state index in [4.69, 9.17) is 16.3 Å². The number of halogens is 1. The number of nitrogens with zero attached hydrogens (tertiary/aromatic N) is 1. The van der Waals surface area contributed by atoms with Gasteiger partial charge in [0.25, 0.3) is 0 Å². The number of esters is 1. The molecule has 4 nitrogen and oxygen atoms in total. The fourth-order valence-electron chi connectivity index (χ4n) is 0.985. The molecule has 0 saturated carbocycles. The van der Waals surface area contributed by atoms with E-state index in [-0.39, 0.29) is 33.8 Å². The standard InChI is InChI=1S/C9H10ClNO3S/c1-3-5(12)6-7(8(13)14-4-2)15-9(10)11-6/h3-4H2,1-2H3. The Balaban J connectivity index is 3.06. The van der Waals surface area contributed by atoms with Crippen LogP contribution in [0.5, 0.6) is 0 Å². The van der Waals surface area contributed by atoms with Crippen LogP contribution in [0.2, 0.25) is 4.47 Å². The number of thiazole rings is 1. The van der Waals surface area contributed by atoms with Gasteiger partial charge in [-0.15, -0.1) is 0 Å². The Bertz CT molecular complexity index is 389. The number of rotatable bonds is 4. The van der Waals surface area contributed by atoms with E-state index in [1.807, 2.05) is 0 Å². The van der Waals surface area contributed by atoms with Crippen LogP contribution in [0.15, 0.2) is 0 Å². The lowest BCUT2D eigenvalue weighted by molar-refractivity contribution is 0.0528. The number of carbonyl (C=O) groups excluding carboxylic acids is 2. The third kappa shape index (κ3) is 2.76. The molecule has 0 aromatic carbocycles. The van der Waals surface area contributed by atoms with Crippen molar-refractivity contribution >= 4 is 34.7 Å². The predicted octanol–water partition coefficient (Wildman–Crippen LogP) is 2.57. The summed E-state index contributed by atoms with van der Waals surface area (Å²) >= 11 is 6.62. The summed E-state index contributed by atoms with van der Waals surface area (Å²) in [5.74, 6) is -0.750. The number of aromatic nitrogens is 1. The first-order valence-corrected chi connectivity index (χ1v) is 5.66. The molecule has 82 valence electrons. The van der Waals surface area contributed by atoms with E-state index < -0.39 is 5.97 Å². The molecule has 0 N–H and O–H groups in total. The number of carbonyl (C=O) groups is 2. The number of Topliss-reactive ketones (excluding diaryl/α,β-unsaturated/α-hetero) is 1. The van der Waals surface area contributed by atoms with Gasteiger partial charge >= 0.3 is 5.97 Å². The first-order valence-electron chi connectivity index (χ1n) is 4.46. The van der Waals surface area contributed by atoms with Gasteiger partial charge in [-0.2, -0.15) is 0 Å². The summed E-state index contributed by atoms with van der Waals surface area (Å²) in [5.41, 5.74) is 0.117. The lowest BCUT2D eigenvalue weighted by Crippen LogP contribution is -2.09. The molecule has 0 aliphatic rings. The average Bonchev–Trinajstić information content (AvgIpc) is 2.59. The summed E-state index contributed by atoms with van der Waals surface area (Å²) in [6.45, 7) is 3.65. The van der Waals surface area contributed by atoms with Crippen LogP contribution in [0.3, 0.4) is 0 Å². The zero-order valence-electron chi connectivity index (χ0n) is 8.37. The highest BCUT2D eigenvalue weighted by Crippen LogP contribution is 2.24. The van der Waals surface area contributed by atoms with Gasteiger partial charge in [0.05, 0.1) is 6.61 Å². The Morgan fingerprint density at radius 3 is 2.67 bits per heavy atom. The van der Waals surface area contributed by atoms with Crippen molar-refractivity contribution in [2.75, 3.05) is 6.61 Å². The minimum absolute atomic E-state index is 0.117. The van der Waals surface area contributed by atoms with E-state index in [0.29, 0.717) is 0 Å². The monoisotopic (exact) mass is 247 g/mol. The molecule has 1 heterocycles. The molecule has 0 atom stereocenters. The molecular weight excluding hydrogens is 238 g/mol. The van der Waals surface area contributed by atoms with E-state index >= 15 is 0 Å². The van der Waals surface area contributed by atoms with Gasteiger partial charge in [-0.25, -0.2) is 9.78 Å². The first-order chi connectivity index (χ1) is 7.10. The molecule has 0 fully saturated rings. The summed E-state index contributed by atoms with van der Waals surface area (Å²) in [7, 11) is 0. The topological polar surface area (TPSA) is 56.3 Å². The van der Waals surface area contributed by atoms with Crippen LogP contribution in [0, 0.1) is 0 Å². The third-order valence-corrected chi connectivity index (χ3v) is 2.79. The van der Waals surface area contributed by atoms with Crippen LogP contribution < -0.4 is 0 Å². The summed E-state index contributed by atoms with van der Waals surface area (Å²) in [4.78, 5) is 26.9. The minimum atomic E-state index is -0.543. The molecule has 0 unspecified atom stereocenters. The number of hydrogen-bond donors (Lipinski definition) is 0. The van der Waals surface area contributed by atoms with Gasteiger partial charge in [-0.05, 0) is 6.92 Å². The highest BCUT2D eigenvalue weighted by Gasteiger charge is 2.22. The SMILES string of the molecule is CCOC(=O)c1sc(Cl)nc1C(=O)CC. The van der Waals surface area contributed by atoms with Crippen molar-refractivity contribution in [2.24, 2.45) is 0 Å². The summed E-state index contributed by atoms with van der Waals surface area (Å²) < 4.78 is 4.97. The maximum atomic E-state index is 11.4. The average molecular weight is 248 g/mol. The maximum absolute atomic E-state index is 11.4. The third-order valence-electron chi connectivity index (χ3n) is 1.65. The summed E-state index contributed by atoms with van der Waals surface area (Å²) in [5, 5.41) is 0. The zero-order valence-corrected chi connectivity index (χ0v) is 9.94. The van der Waals surface area contributed by atoms with E-state index in [1.54, 1.807) is 13.8 Å². The van der Waals surface area contributed by atoms with Crippen LogP contribution in [-0.2, 0) is 4.74 Å². The highest BCUT2D eigenvalue weighted by atomic mass is 35.5. The van der Waals surface area contributed by atoms with Crippen molar-refractivity contribution < 1.29 is 14.3 Å². The second kappa shape index (κ2) is 5.23. The summed E-state index contributed by atoms with van der Waals surface area (Å²) in [6.07, 6.45) is 0.284. The van der Waals surface area contributed by atoms with Crippen LogP contribution in [-0.4, -0.2) is 23.3 Å². The second-order valence-corrected chi connectivity index (χ2v) is 4.22. The van der Waals surface area contributed by atoms with Gasteiger partial charge in [0.15, 0.2) is 10.3 Å². The molecule has 1 rings (SSSR count). The van der Waals surface area contributed by atoms with Gasteiger partial charge in [-0.1, -0.05) is 29.9 Å². The minimum Gasteiger partial charge on any atom is -0.462 e. The summed E-state index contributed by atoms with van der Waals surface area (Å²) in [6, 6.07) is 0. The largest absolute Gasteiger partial charge is 0.462 e. The molecule has 1 aromatic heterocycles. The van der Waals surface area contributed by atoms with Crippen molar-refractivity contribution in [3.8, 4) is 0 Å². The van der Waals surface area contributed by atoms with Gasteiger partial charge in [0, 0.05) is 6.42 Å². The molecule has 0 spiro atoms. The Hall–Kier alpha value is -0.940. The van der Waals surface area contributed by atoms with Crippen molar-refractivity contribution in [3.05, 3.63) is 15.0 Å². The van der Waals surface area contributed by atoms with E-state index in [0.717, 1.165) is 11.3 Å². The smallest absolute Gasteiger partial charge is 0.350 e. The van der Waals surface area contributed by atoms with Gasteiger partial charge < -0.3 is 4.74 Å². The second-order valence-electron chi connectivity index (χ2n) is 2.64. The van der Waals surface area contributed by atoms with E-state index in [9.17, 15) is 9.59 Å². The molecular formula is C9H10ClNO3S. The van der Waals surface area contributed by atoms with Crippen LogP contribution in [0.25, 0.3) is 0 Å². The Morgan fingerprint density at radius 1 is 1.47 bits per heavy atom. The lowest BCUT2D eigenvalue weighted by atomic mass is 10.2. The molecule has 15 heavy (non-hydrogen) atoms. The van der Waals surface area contributed by atoms with Crippen molar-refractivity contribution in [2.45, 2.75) is 20.3 Å². The molecule has 1 aromatic rings. The molecule has 0 amide bonds. The van der Waals surface area contributed by atoms with Crippen LogP contribution in [0.4, 0.5) is 0 Å². The molecule has 0 aliphatic carbocycles. The number of ketones is 1. The molecule has 6 heteroatoms. The highest BCUT2D eigenvalue weighted by molar-refractivity contribution is 7.17. The Kier molecular flexibility index (Phi) is 4.23. The quantitative estimate of drug-likeness (QED) is 0.606. The van der Waals surface area contributed by atoms with Gasteiger partial charge in [0.1, 0.15) is 10.6 Å². The normalized spacial score (nSPS) is 10.1. The number of ether oxygens (including phenoxy) is 1. The fraction of sp³-hybridized carbons (Fsp3) is 0.444. The van der Waals surface area contributed by atoms with Crippen LogP contribution in [0.1, 0.15) is 40.4 Å². The first kappa shape index (κ1) is 12.1. The van der Waals surface area contributed by atoms with Crippen LogP contribution >= 0.6 is 22.9 Å². The maximum Gasteiger partial charge on any atom is 0.350 e. The Labute approximate surface area is 96.2 Å². The van der Waals surface area contributed by atoms with Crippen molar-refractivity contribution in [1.82, 2.24) is 4.98 Å². The molecule has 0 saturated heterocycles. The predicted molar refractivity (Wildman–Crippen MR) is 57.7 cm³/mol. The Morgan fingerprint density at radius 2 is 2.13 bits per heavy atom.